The first kappa shape index (κ1) is 21.4. The van der Waals surface area contributed by atoms with Crippen molar-refractivity contribution >= 4 is 23.0 Å². The summed E-state index contributed by atoms with van der Waals surface area (Å²) >= 11 is 5.81. The minimum Gasteiger partial charge on any atom is -0.496 e. The van der Waals surface area contributed by atoms with E-state index in [4.69, 9.17) is 16.3 Å². The Labute approximate surface area is 174 Å². The number of imidazole rings is 1. The van der Waals surface area contributed by atoms with Crippen molar-refractivity contribution in [3.8, 4) is 5.75 Å². The first-order chi connectivity index (χ1) is 14.1. The van der Waals surface area contributed by atoms with E-state index in [1.165, 1.54) is 13.3 Å². The molecule has 0 radical (unpaired) electrons. The maximum absolute atomic E-state index is 13.2. The van der Waals surface area contributed by atoms with Crippen molar-refractivity contribution in [2.75, 3.05) is 12.4 Å². The number of methoxy groups -OCH3 is 1. The zero-order valence-corrected chi connectivity index (χ0v) is 16.5. The molecule has 0 unspecified atom stereocenters. The van der Waals surface area contributed by atoms with Crippen molar-refractivity contribution in [3.05, 3.63) is 80.9 Å². The van der Waals surface area contributed by atoms with Crippen LogP contribution in [0.15, 0.2) is 48.8 Å². The van der Waals surface area contributed by atoms with Gasteiger partial charge in [-0.2, -0.15) is 13.2 Å². The Bertz CT molecular complexity index is 1090. The van der Waals surface area contributed by atoms with Crippen molar-refractivity contribution in [3.63, 3.8) is 0 Å². The van der Waals surface area contributed by atoms with Crippen molar-refractivity contribution in [2.45, 2.75) is 12.2 Å². The van der Waals surface area contributed by atoms with Gasteiger partial charge in [-0.25, -0.2) is 4.98 Å². The van der Waals surface area contributed by atoms with Gasteiger partial charge in [0.25, 0.3) is 5.69 Å². The third-order valence-corrected chi connectivity index (χ3v) is 4.77. The molecule has 11 heteroatoms. The molecule has 0 aliphatic heterocycles. The number of anilines is 1. The largest absolute Gasteiger partial charge is 0.496 e. The Hall–Kier alpha value is -3.27. The van der Waals surface area contributed by atoms with Gasteiger partial charge >= 0.3 is 6.18 Å². The quantitative estimate of drug-likeness (QED) is 0.420. The number of aromatic nitrogens is 2. The number of nitro benzene ring substituents is 1. The molecule has 0 amide bonds. The van der Waals surface area contributed by atoms with Crippen LogP contribution in [0, 0.1) is 10.1 Å². The van der Waals surface area contributed by atoms with Crippen molar-refractivity contribution in [2.24, 2.45) is 7.05 Å². The van der Waals surface area contributed by atoms with Gasteiger partial charge in [0.1, 0.15) is 23.3 Å². The number of nitrogens with one attached hydrogen (secondary N) is 1. The van der Waals surface area contributed by atoms with Crippen molar-refractivity contribution in [1.29, 1.82) is 0 Å². The molecule has 30 heavy (non-hydrogen) atoms. The summed E-state index contributed by atoms with van der Waals surface area (Å²) < 4.78 is 46.6. The van der Waals surface area contributed by atoms with Crippen molar-refractivity contribution < 1.29 is 22.8 Å². The van der Waals surface area contributed by atoms with Gasteiger partial charge < -0.3 is 14.6 Å². The Morgan fingerprint density at radius 1 is 1.30 bits per heavy atom. The molecule has 158 valence electrons. The van der Waals surface area contributed by atoms with Crippen LogP contribution in [0.5, 0.6) is 5.75 Å². The number of hydrogen-bond acceptors (Lipinski definition) is 5. The number of alkyl halides is 3. The highest BCUT2D eigenvalue weighted by Gasteiger charge is 2.36. The summed E-state index contributed by atoms with van der Waals surface area (Å²) in [6.45, 7) is 0. The smallest absolute Gasteiger partial charge is 0.418 e. The normalized spacial score (nSPS) is 12.5. The van der Waals surface area contributed by atoms with Gasteiger partial charge in [0, 0.05) is 31.1 Å². The molecule has 1 heterocycles. The first-order valence-electron chi connectivity index (χ1n) is 8.55. The standard InChI is InChI=1S/C19H16ClF3N4O3/c1-26-8-7-24-18(26)17(11-5-3-4-6-16(11)30-2)25-14-10-13(20)12(19(21,22)23)9-15(14)27(28)29/h3-10,17,25H,1-2H3/t17-/m1/s1. The van der Waals surface area contributed by atoms with Crippen LogP contribution in [0.4, 0.5) is 24.5 Å². The van der Waals surface area contributed by atoms with Gasteiger partial charge in [0.15, 0.2) is 0 Å². The van der Waals surface area contributed by atoms with Gasteiger partial charge in [0.05, 0.1) is 22.6 Å². The second-order valence-corrected chi connectivity index (χ2v) is 6.73. The highest BCUT2D eigenvalue weighted by Crippen LogP contribution is 2.42. The second kappa shape index (κ2) is 8.23. The number of nitrogens with zero attached hydrogens (tertiary/aromatic N) is 3. The zero-order valence-electron chi connectivity index (χ0n) is 15.8. The molecule has 0 fully saturated rings. The predicted octanol–water partition coefficient (Wildman–Crippen LogP) is 5.21. The monoisotopic (exact) mass is 440 g/mol. The van der Waals surface area contributed by atoms with E-state index in [0.717, 1.165) is 6.07 Å². The third kappa shape index (κ3) is 4.18. The van der Waals surface area contributed by atoms with Gasteiger partial charge in [-0.05, 0) is 12.1 Å². The number of ether oxygens (including phenoxy) is 1. The topological polar surface area (TPSA) is 82.2 Å². The van der Waals surface area contributed by atoms with E-state index in [-0.39, 0.29) is 5.69 Å². The lowest BCUT2D eigenvalue weighted by molar-refractivity contribution is -0.384. The van der Waals surface area contributed by atoms with E-state index in [0.29, 0.717) is 23.2 Å². The van der Waals surface area contributed by atoms with Crippen LogP contribution in [0.25, 0.3) is 0 Å². The highest BCUT2D eigenvalue weighted by molar-refractivity contribution is 6.31. The molecule has 0 spiro atoms. The molecular weight excluding hydrogens is 425 g/mol. The lowest BCUT2D eigenvalue weighted by Crippen LogP contribution is -2.19. The molecular formula is C19H16ClF3N4O3. The van der Waals surface area contributed by atoms with Crippen LogP contribution in [0.3, 0.4) is 0 Å². The maximum atomic E-state index is 13.2. The molecule has 0 bridgehead atoms. The fraction of sp³-hybridized carbons (Fsp3) is 0.211. The summed E-state index contributed by atoms with van der Waals surface area (Å²) in [4.78, 5) is 14.9. The molecule has 3 rings (SSSR count). The van der Waals surface area contributed by atoms with E-state index in [9.17, 15) is 23.3 Å². The van der Waals surface area contributed by atoms with E-state index >= 15 is 0 Å². The molecule has 2 aromatic carbocycles. The molecule has 0 aliphatic rings. The summed E-state index contributed by atoms with van der Waals surface area (Å²) in [6, 6.07) is 7.45. The molecule has 0 aliphatic carbocycles. The number of nitro groups is 1. The number of aryl methyl sites for hydroxylation is 1. The minimum absolute atomic E-state index is 0.183. The van der Waals surface area contributed by atoms with Crippen LogP contribution < -0.4 is 10.1 Å². The summed E-state index contributed by atoms with van der Waals surface area (Å²) in [6.07, 6.45) is -1.62. The fourth-order valence-electron chi connectivity index (χ4n) is 3.04. The number of halogens is 4. The summed E-state index contributed by atoms with van der Waals surface area (Å²) in [5.41, 5.74) is -1.65. The lowest BCUT2D eigenvalue weighted by atomic mass is 10.0. The SMILES string of the molecule is COc1ccccc1[C@@H](Nc1cc(Cl)c(C(F)(F)F)cc1[N+](=O)[O-])c1nccn1C. The van der Waals surface area contributed by atoms with Crippen LogP contribution in [0.1, 0.15) is 23.0 Å². The number of hydrogen-bond donors (Lipinski definition) is 1. The van der Waals surface area contributed by atoms with Crippen LogP contribution in [0.2, 0.25) is 5.02 Å². The zero-order chi connectivity index (χ0) is 22.1. The number of benzene rings is 2. The van der Waals surface area contributed by atoms with Crippen molar-refractivity contribution in [1.82, 2.24) is 9.55 Å². The molecule has 7 nitrogen and oxygen atoms in total. The fourth-order valence-corrected chi connectivity index (χ4v) is 3.31. The van der Waals surface area contributed by atoms with E-state index in [1.54, 1.807) is 42.1 Å². The molecule has 0 saturated heterocycles. The van der Waals surface area contributed by atoms with E-state index in [2.05, 4.69) is 10.3 Å². The summed E-state index contributed by atoms with van der Waals surface area (Å²) in [5, 5.41) is 13.8. The number of para-hydroxylation sites is 1. The molecule has 1 atom stereocenters. The number of rotatable bonds is 6. The third-order valence-electron chi connectivity index (χ3n) is 4.45. The molecule has 1 aromatic heterocycles. The summed E-state index contributed by atoms with van der Waals surface area (Å²) in [7, 11) is 3.19. The van der Waals surface area contributed by atoms with Crippen LogP contribution in [-0.4, -0.2) is 21.6 Å². The lowest BCUT2D eigenvalue weighted by Gasteiger charge is -2.22. The van der Waals surface area contributed by atoms with Gasteiger partial charge in [0.2, 0.25) is 0 Å². The molecule has 0 saturated carbocycles. The average molecular weight is 441 g/mol. The van der Waals surface area contributed by atoms with E-state index in [1.807, 2.05) is 0 Å². The van der Waals surface area contributed by atoms with Gasteiger partial charge in [-0.1, -0.05) is 29.8 Å². The Balaban J connectivity index is 2.17. The Kier molecular flexibility index (Phi) is 5.88. The van der Waals surface area contributed by atoms with Gasteiger partial charge in [-0.3, -0.25) is 10.1 Å². The minimum atomic E-state index is -4.83. The second-order valence-electron chi connectivity index (χ2n) is 6.32. The van der Waals surface area contributed by atoms with Crippen LogP contribution >= 0.6 is 11.6 Å². The predicted molar refractivity (Wildman–Crippen MR) is 105 cm³/mol. The Morgan fingerprint density at radius 2 is 2.00 bits per heavy atom. The highest BCUT2D eigenvalue weighted by atomic mass is 35.5. The van der Waals surface area contributed by atoms with Crippen LogP contribution in [-0.2, 0) is 13.2 Å². The Morgan fingerprint density at radius 3 is 2.57 bits per heavy atom. The molecule has 3 aromatic rings. The summed E-state index contributed by atoms with van der Waals surface area (Å²) in [5.74, 6) is 0.934. The first-order valence-corrected chi connectivity index (χ1v) is 8.93. The average Bonchev–Trinajstić information content (AvgIpc) is 3.10. The molecule has 1 N–H and O–H groups in total. The van der Waals surface area contributed by atoms with E-state index < -0.39 is 33.4 Å². The maximum Gasteiger partial charge on any atom is 0.418 e. The van der Waals surface area contributed by atoms with Gasteiger partial charge in [-0.15, -0.1) is 0 Å².